The molecule has 0 bridgehead atoms. The Morgan fingerprint density at radius 2 is 2.26 bits per heavy atom. The first-order valence-electron chi connectivity index (χ1n) is 5.94. The van der Waals surface area contributed by atoms with E-state index in [1.165, 1.54) is 6.33 Å². The Balaban J connectivity index is 2.07. The second-order valence-corrected chi connectivity index (χ2v) is 4.12. The van der Waals surface area contributed by atoms with Crippen LogP contribution in [0.3, 0.4) is 0 Å². The molecule has 0 atom stereocenters. The second kappa shape index (κ2) is 4.56. The van der Waals surface area contributed by atoms with Crippen molar-refractivity contribution in [3.05, 3.63) is 42.4 Å². The molecule has 1 amide bonds. The predicted molar refractivity (Wildman–Crippen MR) is 72.5 cm³/mol. The summed E-state index contributed by atoms with van der Waals surface area (Å²) in [5.41, 5.74) is 2.32. The molecule has 0 aliphatic carbocycles. The van der Waals surface area contributed by atoms with E-state index in [4.69, 9.17) is 0 Å². The molecule has 0 saturated carbocycles. The summed E-state index contributed by atoms with van der Waals surface area (Å²) in [5, 5.41) is 5.85. The standard InChI is InChI=1S/C13H13N5O/c1-14-13(19)9-4-2-3-5-11(9)18-8-17-10-6-15-7-16-12(10)18/h2-7,17H,8H2,1H3,(H,14,19). The second-order valence-electron chi connectivity index (χ2n) is 4.12. The smallest absolute Gasteiger partial charge is 0.253 e. The van der Waals surface area contributed by atoms with Gasteiger partial charge in [0.15, 0.2) is 5.82 Å². The quantitative estimate of drug-likeness (QED) is 0.847. The first-order valence-corrected chi connectivity index (χ1v) is 5.94. The Labute approximate surface area is 110 Å². The summed E-state index contributed by atoms with van der Waals surface area (Å²) < 4.78 is 0. The number of aromatic nitrogens is 2. The van der Waals surface area contributed by atoms with Gasteiger partial charge in [-0.15, -0.1) is 0 Å². The third kappa shape index (κ3) is 1.87. The number of fused-ring (bicyclic) bond motifs is 1. The van der Waals surface area contributed by atoms with Crippen LogP contribution in [-0.2, 0) is 0 Å². The van der Waals surface area contributed by atoms with E-state index in [1.54, 1.807) is 19.3 Å². The summed E-state index contributed by atoms with van der Waals surface area (Å²) in [4.78, 5) is 22.1. The van der Waals surface area contributed by atoms with Crippen LogP contribution in [0, 0.1) is 0 Å². The van der Waals surface area contributed by atoms with Crippen LogP contribution < -0.4 is 15.5 Å². The molecule has 0 radical (unpaired) electrons. The van der Waals surface area contributed by atoms with Crippen LogP contribution in [0.2, 0.25) is 0 Å². The Kier molecular flexibility index (Phi) is 2.75. The molecular formula is C13H13N5O. The Morgan fingerprint density at radius 3 is 3.11 bits per heavy atom. The van der Waals surface area contributed by atoms with Crippen molar-refractivity contribution < 1.29 is 4.79 Å². The summed E-state index contributed by atoms with van der Waals surface area (Å²) in [5.74, 6) is 0.671. The first kappa shape index (κ1) is 11.5. The predicted octanol–water partition coefficient (Wildman–Crippen LogP) is 1.36. The van der Waals surface area contributed by atoms with Crippen molar-refractivity contribution in [2.45, 2.75) is 0 Å². The van der Waals surface area contributed by atoms with Gasteiger partial charge >= 0.3 is 0 Å². The number of benzene rings is 1. The zero-order chi connectivity index (χ0) is 13.2. The number of nitrogens with one attached hydrogen (secondary N) is 2. The fraction of sp³-hybridized carbons (Fsp3) is 0.154. The highest BCUT2D eigenvalue weighted by Gasteiger charge is 2.24. The fourth-order valence-corrected chi connectivity index (χ4v) is 2.14. The molecule has 0 saturated heterocycles. The topological polar surface area (TPSA) is 70.2 Å². The number of carbonyl (C=O) groups excluding carboxylic acids is 1. The molecular weight excluding hydrogens is 242 g/mol. The molecule has 2 heterocycles. The number of para-hydroxylation sites is 1. The number of hydrogen-bond acceptors (Lipinski definition) is 5. The summed E-state index contributed by atoms with van der Waals surface area (Å²) in [6, 6.07) is 7.45. The van der Waals surface area contributed by atoms with Crippen LogP contribution in [0.4, 0.5) is 17.2 Å². The average Bonchev–Trinajstić information content (AvgIpc) is 2.90. The lowest BCUT2D eigenvalue weighted by atomic mass is 10.1. The van der Waals surface area contributed by atoms with Gasteiger partial charge in [0, 0.05) is 7.05 Å². The number of hydrogen-bond donors (Lipinski definition) is 2. The summed E-state index contributed by atoms with van der Waals surface area (Å²) in [6.07, 6.45) is 3.23. The highest BCUT2D eigenvalue weighted by Crippen LogP contribution is 2.35. The first-order chi connectivity index (χ1) is 9.31. The lowest BCUT2D eigenvalue weighted by molar-refractivity contribution is 0.0963. The molecule has 1 aromatic carbocycles. The SMILES string of the molecule is CNC(=O)c1ccccc1N1CNc2cncnc21. The largest absolute Gasteiger partial charge is 0.363 e. The number of rotatable bonds is 2. The summed E-state index contributed by atoms with van der Waals surface area (Å²) in [6.45, 7) is 0.571. The summed E-state index contributed by atoms with van der Waals surface area (Å²) >= 11 is 0. The van der Waals surface area contributed by atoms with Gasteiger partial charge in [-0.1, -0.05) is 12.1 Å². The van der Waals surface area contributed by atoms with Crippen molar-refractivity contribution in [1.29, 1.82) is 0 Å². The van der Waals surface area contributed by atoms with Crippen LogP contribution in [0.25, 0.3) is 0 Å². The monoisotopic (exact) mass is 255 g/mol. The van der Waals surface area contributed by atoms with Crippen molar-refractivity contribution in [1.82, 2.24) is 15.3 Å². The highest BCUT2D eigenvalue weighted by atomic mass is 16.1. The van der Waals surface area contributed by atoms with Crippen LogP contribution in [-0.4, -0.2) is 29.6 Å². The van der Waals surface area contributed by atoms with Crippen molar-refractivity contribution in [3.8, 4) is 0 Å². The number of amides is 1. The van der Waals surface area contributed by atoms with Crippen molar-refractivity contribution in [2.75, 3.05) is 23.9 Å². The van der Waals surface area contributed by atoms with E-state index < -0.39 is 0 Å². The van der Waals surface area contributed by atoms with Gasteiger partial charge < -0.3 is 15.5 Å². The molecule has 1 aliphatic rings. The molecule has 96 valence electrons. The molecule has 19 heavy (non-hydrogen) atoms. The van der Waals surface area contributed by atoms with Crippen LogP contribution >= 0.6 is 0 Å². The van der Waals surface area contributed by atoms with Gasteiger partial charge in [-0.3, -0.25) is 4.79 Å². The molecule has 2 N–H and O–H groups in total. The molecule has 1 aromatic heterocycles. The van der Waals surface area contributed by atoms with Gasteiger partial charge in [-0.2, -0.15) is 0 Å². The van der Waals surface area contributed by atoms with Crippen LogP contribution in [0.1, 0.15) is 10.4 Å². The third-order valence-corrected chi connectivity index (χ3v) is 3.04. The van der Waals surface area contributed by atoms with E-state index in [2.05, 4.69) is 20.6 Å². The van der Waals surface area contributed by atoms with E-state index in [0.29, 0.717) is 12.2 Å². The molecule has 6 heteroatoms. The zero-order valence-corrected chi connectivity index (χ0v) is 10.4. The maximum absolute atomic E-state index is 11.9. The van der Waals surface area contributed by atoms with E-state index >= 15 is 0 Å². The molecule has 2 aromatic rings. The fourth-order valence-electron chi connectivity index (χ4n) is 2.14. The summed E-state index contributed by atoms with van der Waals surface area (Å²) in [7, 11) is 1.62. The maximum atomic E-state index is 11.9. The van der Waals surface area contributed by atoms with Crippen molar-refractivity contribution >= 4 is 23.1 Å². The van der Waals surface area contributed by atoms with E-state index in [-0.39, 0.29) is 5.91 Å². The number of nitrogens with zero attached hydrogens (tertiary/aromatic N) is 3. The maximum Gasteiger partial charge on any atom is 0.253 e. The Morgan fingerprint density at radius 1 is 1.42 bits per heavy atom. The van der Waals surface area contributed by atoms with E-state index in [1.807, 2.05) is 23.1 Å². The normalized spacial score (nSPS) is 12.8. The van der Waals surface area contributed by atoms with E-state index in [0.717, 1.165) is 17.2 Å². The van der Waals surface area contributed by atoms with Crippen LogP contribution in [0.5, 0.6) is 0 Å². The van der Waals surface area contributed by atoms with Gasteiger partial charge in [0.05, 0.1) is 29.8 Å². The molecule has 0 unspecified atom stereocenters. The minimum absolute atomic E-state index is 0.113. The van der Waals surface area contributed by atoms with E-state index in [9.17, 15) is 4.79 Å². The molecule has 0 spiro atoms. The number of anilines is 3. The van der Waals surface area contributed by atoms with Crippen LogP contribution in [0.15, 0.2) is 36.8 Å². The van der Waals surface area contributed by atoms with Gasteiger partial charge in [0.25, 0.3) is 5.91 Å². The average molecular weight is 255 g/mol. The molecule has 0 fully saturated rings. The van der Waals surface area contributed by atoms with Crippen molar-refractivity contribution in [2.24, 2.45) is 0 Å². The minimum Gasteiger partial charge on any atom is -0.363 e. The molecule has 3 rings (SSSR count). The highest BCUT2D eigenvalue weighted by molar-refractivity contribution is 6.01. The third-order valence-electron chi connectivity index (χ3n) is 3.04. The molecule has 1 aliphatic heterocycles. The Hall–Kier alpha value is -2.63. The van der Waals surface area contributed by atoms with Crippen molar-refractivity contribution in [3.63, 3.8) is 0 Å². The Bertz CT molecular complexity index is 628. The number of carbonyl (C=O) groups is 1. The van der Waals surface area contributed by atoms with Gasteiger partial charge in [0.2, 0.25) is 0 Å². The molecule has 6 nitrogen and oxygen atoms in total. The van der Waals surface area contributed by atoms with Gasteiger partial charge in [-0.25, -0.2) is 9.97 Å². The lowest BCUT2D eigenvalue weighted by Gasteiger charge is -2.19. The van der Waals surface area contributed by atoms with Gasteiger partial charge in [-0.05, 0) is 12.1 Å². The minimum atomic E-state index is -0.113. The lowest BCUT2D eigenvalue weighted by Crippen LogP contribution is -2.24. The van der Waals surface area contributed by atoms with Gasteiger partial charge in [0.1, 0.15) is 6.33 Å². The zero-order valence-electron chi connectivity index (χ0n) is 10.4.